The van der Waals surface area contributed by atoms with Crippen molar-refractivity contribution >= 4 is 0 Å². The first kappa shape index (κ1) is 9.69. The van der Waals surface area contributed by atoms with Gasteiger partial charge in [0.1, 0.15) is 0 Å². The Bertz CT molecular complexity index is 294. The summed E-state index contributed by atoms with van der Waals surface area (Å²) in [5.74, 6) is 0. The van der Waals surface area contributed by atoms with Gasteiger partial charge in [-0.1, -0.05) is 29.8 Å². The number of morpholine rings is 1. The molecular formula is C12H17NO. The van der Waals surface area contributed by atoms with Gasteiger partial charge in [0.05, 0.1) is 12.7 Å². The van der Waals surface area contributed by atoms with Crippen LogP contribution in [0.15, 0.2) is 24.3 Å². The van der Waals surface area contributed by atoms with Crippen molar-refractivity contribution in [2.45, 2.75) is 26.0 Å². The van der Waals surface area contributed by atoms with Crippen LogP contribution >= 0.6 is 0 Å². The fourth-order valence-electron chi connectivity index (χ4n) is 1.86. The minimum Gasteiger partial charge on any atom is -0.371 e. The van der Waals surface area contributed by atoms with E-state index >= 15 is 0 Å². The zero-order chi connectivity index (χ0) is 9.97. The maximum Gasteiger partial charge on any atom is 0.0975 e. The van der Waals surface area contributed by atoms with E-state index < -0.39 is 0 Å². The predicted molar refractivity (Wildman–Crippen MR) is 57.3 cm³/mol. The van der Waals surface area contributed by atoms with Gasteiger partial charge in [0.15, 0.2) is 0 Å². The van der Waals surface area contributed by atoms with E-state index in [1.54, 1.807) is 0 Å². The molecule has 1 N–H and O–H groups in total. The van der Waals surface area contributed by atoms with Crippen LogP contribution in [-0.2, 0) is 4.74 Å². The zero-order valence-electron chi connectivity index (χ0n) is 8.79. The Morgan fingerprint density at radius 2 is 2.00 bits per heavy atom. The van der Waals surface area contributed by atoms with Crippen LogP contribution < -0.4 is 5.32 Å². The first-order valence-corrected chi connectivity index (χ1v) is 5.19. The molecule has 0 amide bonds. The molecule has 0 radical (unpaired) electrons. The molecule has 1 saturated heterocycles. The van der Waals surface area contributed by atoms with Crippen LogP contribution in [0.5, 0.6) is 0 Å². The molecule has 76 valence electrons. The molecule has 0 spiro atoms. The lowest BCUT2D eigenvalue weighted by atomic mass is 10.0. The highest BCUT2D eigenvalue weighted by molar-refractivity contribution is 5.24. The van der Waals surface area contributed by atoms with E-state index in [1.165, 1.54) is 11.1 Å². The second-order valence-electron chi connectivity index (χ2n) is 3.94. The first-order chi connectivity index (χ1) is 6.77. The molecule has 2 nitrogen and oxygen atoms in total. The van der Waals surface area contributed by atoms with Crippen LogP contribution in [0.25, 0.3) is 0 Å². The highest BCUT2D eigenvalue weighted by Gasteiger charge is 2.22. The topological polar surface area (TPSA) is 21.3 Å². The monoisotopic (exact) mass is 191 g/mol. The first-order valence-electron chi connectivity index (χ1n) is 5.19. The maximum atomic E-state index is 5.75. The molecule has 1 aliphatic rings. The minimum absolute atomic E-state index is 0.212. The quantitative estimate of drug-likeness (QED) is 0.733. The normalized spacial score (nSPS) is 27.6. The number of nitrogens with one attached hydrogen (secondary N) is 1. The summed E-state index contributed by atoms with van der Waals surface area (Å²) < 4.78 is 5.75. The molecule has 0 saturated carbocycles. The zero-order valence-corrected chi connectivity index (χ0v) is 8.79. The fourth-order valence-corrected chi connectivity index (χ4v) is 1.86. The number of benzene rings is 1. The number of rotatable bonds is 1. The summed E-state index contributed by atoms with van der Waals surface area (Å²) >= 11 is 0. The van der Waals surface area contributed by atoms with Gasteiger partial charge in [0.2, 0.25) is 0 Å². The summed E-state index contributed by atoms with van der Waals surface area (Å²) in [5.41, 5.74) is 2.57. The average molecular weight is 191 g/mol. The number of hydrogen-bond donors (Lipinski definition) is 1. The molecule has 2 rings (SSSR count). The lowest BCUT2D eigenvalue weighted by molar-refractivity contribution is -0.000227. The average Bonchev–Trinajstić information content (AvgIpc) is 2.20. The van der Waals surface area contributed by atoms with Crippen molar-refractivity contribution in [3.8, 4) is 0 Å². The Morgan fingerprint density at radius 3 is 2.64 bits per heavy atom. The Morgan fingerprint density at radius 1 is 1.29 bits per heavy atom. The summed E-state index contributed by atoms with van der Waals surface area (Å²) in [4.78, 5) is 0. The Kier molecular flexibility index (Phi) is 2.85. The van der Waals surface area contributed by atoms with Gasteiger partial charge in [-0.25, -0.2) is 0 Å². The molecule has 1 heterocycles. The third-order valence-corrected chi connectivity index (χ3v) is 2.73. The molecule has 1 aromatic rings. The SMILES string of the molecule is Cc1ccc(C2OCCNC2C)cc1. The van der Waals surface area contributed by atoms with Gasteiger partial charge < -0.3 is 10.1 Å². The molecule has 2 heteroatoms. The molecule has 1 aliphatic heterocycles. The summed E-state index contributed by atoms with van der Waals surface area (Å²) in [6.45, 7) is 6.04. The lowest BCUT2D eigenvalue weighted by Gasteiger charge is -2.30. The van der Waals surface area contributed by atoms with E-state index in [2.05, 4.69) is 43.4 Å². The van der Waals surface area contributed by atoms with Crippen LogP contribution in [0, 0.1) is 6.92 Å². The minimum atomic E-state index is 0.212. The van der Waals surface area contributed by atoms with Gasteiger partial charge in [-0.3, -0.25) is 0 Å². The van der Waals surface area contributed by atoms with E-state index in [0.29, 0.717) is 6.04 Å². The van der Waals surface area contributed by atoms with Crippen molar-refractivity contribution in [3.63, 3.8) is 0 Å². The van der Waals surface area contributed by atoms with Gasteiger partial charge in [-0.2, -0.15) is 0 Å². The lowest BCUT2D eigenvalue weighted by Crippen LogP contribution is -2.41. The van der Waals surface area contributed by atoms with Crippen LogP contribution in [0.3, 0.4) is 0 Å². The van der Waals surface area contributed by atoms with Crippen LogP contribution in [0.2, 0.25) is 0 Å². The van der Waals surface area contributed by atoms with Crippen LogP contribution in [0.4, 0.5) is 0 Å². The smallest absolute Gasteiger partial charge is 0.0975 e. The van der Waals surface area contributed by atoms with Crippen molar-refractivity contribution in [3.05, 3.63) is 35.4 Å². The van der Waals surface area contributed by atoms with Gasteiger partial charge in [0, 0.05) is 12.6 Å². The molecule has 14 heavy (non-hydrogen) atoms. The van der Waals surface area contributed by atoms with E-state index in [-0.39, 0.29) is 6.10 Å². The van der Waals surface area contributed by atoms with Crippen molar-refractivity contribution in [2.75, 3.05) is 13.2 Å². The molecule has 2 unspecified atom stereocenters. The standard InChI is InChI=1S/C12H17NO/c1-9-3-5-11(6-4-9)12-10(2)13-7-8-14-12/h3-6,10,12-13H,7-8H2,1-2H3. The molecule has 1 fully saturated rings. The Balaban J connectivity index is 2.16. The fraction of sp³-hybridized carbons (Fsp3) is 0.500. The molecule has 0 aliphatic carbocycles. The second kappa shape index (κ2) is 4.11. The molecule has 0 bridgehead atoms. The van der Waals surface area contributed by atoms with E-state index in [9.17, 15) is 0 Å². The maximum absolute atomic E-state index is 5.75. The summed E-state index contributed by atoms with van der Waals surface area (Å²) in [6.07, 6.45) is 0.212. The van der Waals surface area contributed by atoms with Crippen molar-refractivity contribution in [1.82, 2.24) is 5.32 Å². The van der Waals surface area contributed by atoms with Gasteiger partial charge in [-0.15, -0.1) is 0 Å². The molecule has 0 aromatic heterocycles. The second-order valence-corrected chi connectivity index (χ2v) is 3.94. The Labute approximate surface area is 85.3 Å². The summed E-state index contributed by atoms with van der Waals surface area (Å²) in [6, 6.07) is 9.00. The summed E-state index contributed by atoms with van der Waals surface area (Å²) in [7, 11) is 0. The third kappa shape index (κ3) is 1.97. The Hall–Kier alpha value is -0.860. The van der Waals surface area contributed by atoms with Crippen molar-refractivity contribution < 1.29 is 4.74 Å². The number of ether oxygens (including phenoxy) is 1. The molecular weight excluding hydrogens is 174 g/mol. The van der Waals surface area contributed by atoms with Gasteiger partial charge in [0.25, 0.3) is 0 Å². The van der Waals surface area contributed by atoms with E-state index in [1.807, 2.05) is 0 Å². The van der Waals surface area contributed by atoms with Gasteiger partial charge in [-0.05, 0) is 19.4 Å². The van der Waals surface area contributed by atoms with Crippen molar-refractivity contribution in [2.24, 2.45) is 0 Å². The molecule has 2 atom stereocenters. The van der Waals surface area contributed by atoms with Crippen LogP contribution in [0.1, 0.15) is 24.2 Å². The van der Waals surface area contributed by atoms with Crippen LogP contribution in [-0.4, -0.2) is 19.2 Å². The predicted octanol–water partition coefficient (Wildman–Crippen LogP) is 2.04. The summed E-state index contributed by atoms with van der Waals surface area (Å²) in [5, 5.41) is 3.42. The highest BCUT2D eigenvalue weighted by Crippen LogP contribution is 2.23. The van der Waals surface area contributed by atoms with Crippen molar-refractivity contribution in [1.29, 1.82) is 0 Å². The largest absolute Gasteiger partial charge is 0.371 e. The van der Waals surface area contributed by atoms with Gasteiger partial charge >= 0.3 is 0 Å². The van der Waals surface area contributed by atoms with E-state index in [0.717, 1.165) is 13.2 Å². The number of hydrogen-bond acceptors (Lipinski definition) is 2. The third-order valence-electron chi connectivity index (χ3n) is 2.73. The number of aryl methyl sites for hydroxylation is 1. The highest BCUT2D eigenvalue weighted by atomic mass is 16.5. The van der Waals surface area contributed by atoms with E-state index in [4.69, 9.17) is 4.74 Å². The molecule has 1 aromatic carbocycles.